The predicted octanol–water partition coefficient (Wildman–Crippen LogP) is 5.85. The van der Waals surface area contributed by atoms with Crippen molar-refractivity contribution in [1.29, 1.82) is 0 Å². The second-order valence-corrected chi connectivity index (χ2v) is 7.02. The zero-order valence-corrected chi connectivity index (χ0v) is 18.1. The molecule has 3 aromatic carbocycles. The summed E-state index contributed by atoms with van der Waals surface area (Å²) in [6.45, 7) is 0.535. The molecule has 0 amide bonds. The molecule has 0 radical (unpaired) electrons. The topological polar surface area (TPSA) is 70.0 Å². The van der Waals surface area contributed by atoms with Crippen molar-refractivity contribution in [2.24, 2.45) is 4.99 Å². The maximum absolute atomic E-state index is 11.3. The summed E-state index contributed by atoms with van der Waals surface area (Å²) in [4.78, 5) is 19.8. The van der Waals surface area contributed by atoms with Gasteiger partial charge in [-0.3, -0.25) is 0 Å². The fraction of sp³-hybridized carbons (Fsp3) is 0.111. The number of pyridine rings is 1. The Hall–Kier alpha value is -4.41. The van der Waals surface area contributed by atoms with Gasteiger partial charge in [-0.2, -0.15) is 4.99 Å². The lowest BCUT2D eigenvalue weighted by Crippen LogP contribution is -2.10. The fourth-order valence-corrected chi connectivity index (χ4v) is 3.33. The van der Waals surface area contributed by atoms with E-state index in [-0.39, 0.29) is 12.5 Å². The molecule has 0 saturated carbocycles. The second-order valence-electron chi connectivity index (χ2n) is 7.02. The Morgan fingerprint density at radius 2 is 1.45 bits per heavy atom. The van der Waals surface area contributed by atoms with Gasteiger partial charge in [-0.05, 0) is 35.9 Å². The number of hydrogen-bond acceptors (Lipinski definition) is 6. The third-order valence-corrected chi connectivity index (χ3v) is 4.92. The molecule has 4 aromatic rings. The smallest absolute Gasteiger partial charge is 0.242 e. The van der Waals surface area contributed by atoms with Gasteiger partial charge in [0.25, 0.3) is 0 Å². The highest BCUT2D eigenvalue weighted by molar-refractivity contribution is 5.84. The summed E-state index contributed by atoms with van der Waals surface area (Å²) in [6.07, 6.45) is 1.63. The minimum Gasteiger partial charge on any atom is -0.497 e. The Kier molecular flexibility index (Phi) is 7.11. The van der Waals surface area contributed by atoms with E-state index in [9.17, 15) is 4.79 Å². The Labute approximate surface area is 192 Å². The monoisotopic (exact) mass is 438 g/mol. The Bertz CT molecular complexity index is 1240. The first kappa shape index (κ1) is 21.8. The SMILES string of the molecule is COc1ccc(-c2cc(-c3ccccc3)nc(OCCOc3ccccc3)c2N=C=O)cc1. The number of nitrogens with zero attached hydrogens (tertiary/aromatic N) is 2. The summed E-state index contributed by atoms with van der Waals surface area (Å²) < 4.78 is 16.9. The molecule has 0 aliphatic heterocycles. The van der Waals surface area contributed by atoms with E-state index in [2.05, 4.69) is 9.98 Å². The average molecular weight is 438 g/mol. The summed E-state index contributed by atoms with van der Waals surface area (Å²) in [7, 11) is 1.61. The normalized spacial score (nSPS) is 10.2. The number of methoxy groups -OCH3 is 1. The molecular formula is C27H22N2O4. The van der Waals surface area contributed by atoms with Crippen molar-refractivity contribution in [3.8, 4) is 39.8 Å². The molecule has 6 heteroatoms. The van der Waals surface area contributed by atoms with E-state index in [4.69, 9.17) is 14.2 Å². The second kappa shape index (κ2) is 10.8. The van der Waals surface area contributed by atoms with Crippen molar-refractivity contribution in [3.05, 3.63) is 91.0 Å². The van der Waals surface area contributed by atoms with E-state index in [1.54, 1.807) is 13.2 Å². The first-order valence-electron chi connectivity index (χ1n) is 10.4. The highest BCUT2D eigenvalue weighted by Crippen LogP contribution is 2.40. The lowest BCUT2D eigenvalue weighted by Gasteiger charge is -2.14. The van der Waals surface area contributed by atoms with E-state index >= 15 is 0 Å². The molecule has 0 atom stereocenters. The van der Waals surface area contributed by atoms with E-state index in [0.29, 0.717) is 23.6 Å². The van der Waals surface area contributed by atoms with Gasteiger partial charge in [0.2, 0.25) is 12.0 Å². The van der Waals surface area contributed by atoms with Crippen LogP contribution in [0.3, 0.4) is 0 Å². The van der Waals surface area contributed by atoms with Gasteiger partial charge in [0.1, 0.15) is 30.4 Å². The zero-order valence-electron chi connectivity index (χ0n) is 18.1. The highest BCUT2D eigenvalue weighted by atomic mass is 16.5. The van der Waals surface area contributed by atoms with Crippen molar-refractivity contribution in [2.45, 2.75) is 0 Å². The van der Waals surface area contributed by atoms with Gasteiger partial charge in [-0.25, -0.2) is 9.78 Å². The third kappa shape index (κ3) is 5.45. The number of aliphatic imine (C=N–C) groups is 1. The Balaban J connectivity index is 1.70. The maximum atomic E-state index is 11.3. The molecule has 0 saturated heterocycles. The van der Waals surface area contributed by atoms with E-state index in [1.165, 1.54) is 0 Å². The summed E-state index contributed by atoms with van der Waals surface area (Å²) in [5.74, 6) is 1.71. The number of benzene rings is 3. The number of para-hydroxylation sites is 1. The van der Waals surface area contributed by atoms with E-state index < -0.39 is 0 Å². The van der Waals surface area contributed by atoms with E-state index in [0.717, 1.165) is 22.6 Å². The molecule has 33 heavy (non-hydrogen) atoms. The van der Waals surface area contributed by atoms with E-state index in [1.807, 2.05) is 91.0 Å². The van der Waals surface area contributed by atoms with Crippen LogP contribution < -0.4 is 14.2 Å². The molecule has 0 aliphatic carbocycles. The molecular weight excluding hydrogens is 416 g/mol. The van der Waals surface area contributed by atoms with Crippen molar-refractivity contribution in [3.63, 3.8) is 0 Å². The summed E-state index contributed by atoms with van der Waals surface area (Å²) >= 11 is 0. The largest absolute Gasteiger partial charge is 0.497 e. The number of carbonyl (C=O) groups excluding carboxylic acids is 1. The van der Waals surface area contributed by atoms with Crippen LogP contribution in [0.1, 0.15) is 0 Å². The number of ether oxygens (including phenoxy) is 3. The van der Waals surface area contributed by atoms with Gasteiger partial charge in [0, 0.05) is 11.1 Å². The van der Waals surface area contributed by atoms with Crippen LogP contribution in [0.4, 0.5) is 5.69 Å². The lowest BCUT2D eigenvalue weighted by molar-refractivity contribution is 0.213. The van der Waals surface area contributed by atoms with Gasteiger partial charge in [0.15, 0.2) is 0 Å². The quantitative estimate of drug-likeness (QED) is 0.186. The molecule has 0 spiro atoms. The van der Waals surface area contributed by atoms with Gasteiger partial charge < -0.3 is 14.2 Å². The lowest BCUT2D eigenvalue weighted by atomic mass is 10.0. The minimum atomic E-state index is 0.226. The van der Waals surface area contributed by atoms with Gasteiger partial charge in [-0.15, -0.1) is 0 Å². The number of aromatic nitrogens is 1. The predicted molar refractivity (Wildman–Crippen MR) is 127 cm³/mol. The van der Waals surface area contributed by atoms with Crippen LogP contribution in [0.2, 0.25) is 0 Å². The molecule has 1 aromatic heterocycles. The first-order chi connectivity index (χ1) is 16.3. The fourth-order valence-electron chi connectivity index (χ4n) is 3.33. The van der Waals surface area contributed by atoms with Gasteiger partial charge in [0.05, 0.1) is 12.8 Å². The standard InChI is InChI=1S/C27H22N2O4/c1-31-22-14-12-20(13-15-22)24-18-25(21-8-4-2-5-9-21)29-27(26(24)28-19-30)33-17-16-32-23-10-6-3-7-11-23/h2-15,18H,16-17H2,1H3. The Morgan fingerprint density at radius 3 is 2.12 bits per heavy atom. The maximum Gasteiger partial charge on any atom is 0.242 e. The molecule has 1 heterocycles. The van der Waals surface area contributed by atoms with Crippen LogP contribution in [0, 0.1) is 0 Å². The zero-order chi connectivity index (χ0) is 22.9. The van der Waals surface area contributed by atoms with Gasteiger partial charge >= 0.3 is 0 Å². The van der Waals surface area contributed by atoms with Crippen molar-refractivity contribution >= 4 is 11.8 Å². The molecule has 6 nitrogen and oxygen atoms in total. The van der Waals surface area contributed by atoms with Gasteiger partial charge in [-0.1, -0.05) is 60.7 Å². The summed E-state index contributed by atoms with van der Waals surface area (Å²) in [5, 5.41) is 0. The first-order valence-corrected chi connectivity index (χ1v) is 10.4. The number of isocyanates is 1. The van der Waals surface area contributed by atoms with Crippen LogP contribution in [0.25, 0.3) is 22.4 Å². The molecule has 4 rings (SSSR count). The van der Waals surface area contributed by atoms with Crippen molar-refractivity contribution in [1.82, 2.24) is 4.98 Å². The number of rotatable bonds is 9. The van der Waals surface area contributed by atoms with Crippen LogP contribution in [-0.2, 0) is 4.79 Å². The Morgan fingerprint density at radius 1 is 0.788 bits per heavy atom. The molecule has 0 aliphatic rings. The van der Waals surface area contributed by atoms with Crippen LogP contribution in [0.15, 0.2) is 96.0 Å². The van der Waals surface area contributed by atoms with Crippen molar-refractivity contribution in [2.75, 3.05) is 20.3 Å². The highest BCUT2D eigenvalue weighted by Gasteiger charge is 2.17. The van der Waals surface area contributed by atoms with Crippen LogP contribution in [-0.4, -0.2) is 31.4 Å². The number of hydrogen-bond donors (Lipinski definition) is 0. The average Bonchev–Trinajstić information content (AvgIpc) is 2.88. The molecule has 0 N–H and O–H groups in total. The summed E-state index contributed by atoms with van der Waals surface area (Å²) in [6, 6.07) is 28.6. The molecule has 0 fully saturated rings. The van der Waals surface area contributed by atoms with Crippen molar-refractivity contribution < 1.29 is 19.0 Å². The molecule has 0 bridgehead atoms. The van der Waals surface area contributed by atoms with Crippen LogP contribution in [0.5, 0.6) is 17.4 Å². The summed E-state index contributed by atoms with van der Waals surface area (Å²) in [5.41, 5.74) is 3.47. The molecule has 0 unspecified atom stereocenters. The third-order valence-electron chi connectivity index (χ3n) is 4.92. The minimum absolute atomic E-state index is 0.226. The molecule has 164 valence electrons. The van der Waals surface area contributed by atoms with Crippen LogP contribution >= 0.6 is 0 Å².